The van der Waals surface area contributed by atoms with Crippen molar-refractivity contribution in [2.75, 3.05) is 18.5 Å². The molecule has 23 heavy (non-hydrogen) atoms. The normalized spacial score (nSPS) is 17.2. The van der Waals surface area contributed by atoms with E-state index < -0.39 is 0 Å². The van der Waals surface area contributed by atoms with Crippen molar-refractivity contribution in [3.8, 4) is 5.75 Å². The Morgan fingerprint density at radius 1 is 1.43 bits per heavy atom. The van der Waals surface area contributed by atoms with Crippen molar-refractivity contribution in [3.05, 3.63) is 33.3 Å². The van der Waals surface area contributed by atoms with Crippen LogP contribution >= 0.6 is 34.5 Å². The Labute approximate surface area is 146 Å². The SMILES string of the molecule is O=C(COc1cc(Cl)ccc1Cl)Nc1nnc(C2CCCO2)s1. The maximum absolute atomic E-state index is 11.9. The van der Waals surface area contributed by atoms with Gasteiger partial charge in [-0.1, -0.05) is 34.5 Å². The second kappa shape index (κ2) is 7.44. The fraction of sp³-hybridized carbons (Fsp3) is 0.357. The molecular weight excluding hydrogens is 361 g/mol. The molecule has 1 unspecified atom stereocenters. The highest BCUT2D eigenvalue weighted by Gasteiger charge is 2.22. The second-order valence-corrected chi connectivity index (χ2v) is 6.71. The molecule has 1 amide bonds. The zero-order chi connectivity index (χ0) is 16.2. The van der Waals surface area contributed by atoms with Crippen molar-refractivity contribution in [2.24, 2.45) is 0 Å². The molecule has 2 aromatic rings. The molecule has 9 heteroatoms. The van der Waals surface area contributed by atoms with E-state index in [1.54, 1.807) is 18.2 Å². The van der Waals surface area contributed by atoms with Gasteiger partial charge in [0.1, 0.15) is 16.9 Å². The van der Waals surface area contributed by atoms with Crippen LogP contribution in [-0.4, -0.2) is 29.3 Å². The van der Waals surface area contributed by atoms with Crippen molar-refractivity contribution in [2.45, 2.75) is 18.9 Å². The number of ether oxygens (including phenoxy) is 2. The molecule has 0 aliphatic carbocycles. The van der Waals surface area contributed by atoms with E-state index in [1.807, 2.05) is 0 Å². The van der Waals surface area contributed by atoms with Crippen LogP contribution in [0.3, 0.4) is 0 Å². The number of carbonyl (C=O) groups excluding carboxylic acids is 1. The third-order valence-electron chi connectivity index (χ3n) is 3.14. The van der Waals surface area contributed by atoms with Gasteiger partial charge in [0.05, 0.1) is 5.02 Å². The van der Waals surface area contributed by atoms with Crippen LogP contribution in [0.4, 0.5) is 5.13 Å². The third-order valence-corrected chi connectivity index (χ3v) is 4.62. The van der Waals surface area contributed by atoms with Gasteiger partial charge in [-0.15, -0.1) is 10.2 Å². The van der Waals surface area contributed by atoms with E-state index in [0.29, 0.717) is 20.9 Å². The van der Waals surface area contributed by atoms with Gasteiger partial charge in [0.2, 0.25) is 5.13 Å². The summed E-state index contributed by atoms with van der Waals surface area (Å²) in [6, 6.07) is 4.80. The topological polar surface area (TPSA) is 73.3 Å². The predicted octanol–water partition coefficient (Wildman–Crippen LogP) is 3.71. The summed E-state index contributed by atoms with van der Waals surface area (Å²) >= 11 is 13.1. The number of benzene rings is 1. The molecule has 1 aromatic carbocycles. The van der Waals surface area contributed by atoms with Gasteiger partial charge in [0.15, 0.2) is 6.61 Å². The molecule has 1 N–H and O–H groups in total. The minimum absolute atomic E-state index is 0.0142. The summed E-state index contributed by atoms with van der Waals surface area (Å²) in [6.07, 6.45) is 1.93. The molecule has 6 nitrogen and oxygen atoms in total. The summed E-state index contributed by atoms with van der Waals surface area (Å²) in [5.41, 5.74) is 0. The fourth-order valence-corrected chi connectivity index (χ4v) is 3.25. The summed E-state index contributed by atoms with van der Waals surface area (Å²) in [7, 11) is 0. The maximum Gasteiger partial charge on any atom is 0.264 e. The fourth-order valence-electron chi connectivity index (χ4n) is 2.07. The molecule has 1 fully saturated rings. The van der Waals surface area contributed by atoms with E-state index in [0.717, 1.165) is 24.5 Å². The Balaban J connectivity index is 1.54. The lowest BCUT2D eigenvalue weighted by Crippen LogP contribution is -2.20. The summed E-state index contributed by atoms with van der Waals surface area (Å²) in [5.74, 6) is 0.00251. The van der Waals surface area contributed by atoms with Crippen LogP contribution in [0.5, 0.6) is 5.75 Å². The number of nitrogens with one attached hydrogen (secondary N) is 1. The largest absolute Gasteiger partial charge is 0.482 e. The molecule has 122 valence electrons. The highest BCUT2D eigenvalue weighted by molar-refractivity contribution is 7.15. The zero-order valence-corrected chi connectivity index (χ0v) is 14.2. The van der Waals surface area contributed by atoms with Crippen molar-refractivity contribution in [1.82, 2.24) is 10.2 Å². The summed E-state index contributed by atoms with van der Waals surface area (Å²) in [6.45, 7) is 0.537. The standard InChI is InChI=1S/C14H13Cl2N3O3S/c15-8-3-4-9(16)11(6-8)22-7-12(20)17-14-19-18-13(23-14)10-2-1-5-21-10/h3-4,6,10H,1-2,5,7H2,(H,17,19,20). The number of rotatable bonds is 5. The number of amides is 1. The number of halogens is 2. The Morgan fingerprint density at radius 2 is 2.30 bits per heavy atom. The predicted molar refractivity (Wildman–Crippen MR) is 88.4 cm³/mol. The molecule has 1 aromatic heterocycles. The number of hydrogen-bond donors (Lipinski definition) is 1. The van der Waals surface area contributed by atoms with Crippen LogP contribution in [0, 0.1) is 0 Å². The lowest BCUT2D eigenvalue weighted by Gasteiger charge is -2.07. The van der Waals surface area contributed by atoms with E-state index >= 15 is 0 Å². The smallest absolute Gasteiger partial charge is 0.264 e. The van der Waals surface area contributed by atoms with E-state index in [1.165, 1.54) is 11.3 Å². The van der Waals surface area contributed by atoms with Crippen molar-refractivity contribution in [1.29, 1.82) is 0 Å². The molecule has 3 rings (SSSR count). The van der Waals surface area contributed by atoms with Gasteiger partial charge < -0.3 is 9.47 Å². The average molecular weight is 374 g/mol. The van der Waals surface area contributed by atoms with Gasteiger partial charge >= 0.3 is 0 Å². The van der Waals surface area contributed by atoms with Crippen LogP contribution in [0.15, 0.2) is 18.2 Å². The van der Waals surface area contributed by atoms with Gasteiger partial charge in [-0.05, 0) is 25.0 Å². The first-order chi connectivity index (χ1) is 11.1. The van der Waals surface area contributed by atoms with E-state index in [-0.39, 0.29) is 18.6 Å². The lowest BCUT2D eigenvalue weighted by molar-refractivity contribution is -0.118. The molecule has 0 spiro atoms. The highest BCUT2D eigenvalue weighted by Crippen LogP contribution is 2.32. The van der Waals surface area contributed by atoms with Crippen molar-refractivity contribution in [3.63, 3.8) is 0 Å². The third kappa shape index (κ3) is 4.32. The number of hydrogen-bond acceptors (Lipinski definition) is 6. The average Bonchev–Trinajstić information content (AvgIpc) is 3.19. The van der Waals surface area contributed by atoms with Gasteiger partial charge in [-0.3, -0.25) is 10.1 Å². The first-order valence-electron chi connectivity index (χ1n) is 6.94. The van der Waals surface area contributed by atoms with Crippen LogP contribution < -0.4 is 10.1 Å². The summed E-state index contributed by atoms with van der Waals surface area (Å²) in [4.78, 5) is 11.9. The monoisotopic (exact) mass is 373 g/mol. The Hall–Kier alpha value is -1.41. The van der Waals surface area contributed by atoms with Gasteiger partial charge in [0, 0.05) is 17.7 Å². The van der Waals surface area contributed by atoms with Crippen molar-refractivity contribution >= 4 is 45.6 Å². The molecule has 0 bridgehead atoms. The minimum atomic E-state index is -0.351. The number of nitrogens with zero attached hydrogens (tertiary/aromatic N) is 2. The molecule has 2 heterocycles. The zero-order valence-electron chi connectivity index (χ0n) is 11.9. The van der Waals surface area contributed by atoms with Gasteiger partial charge in [-0.2, -0.15) is 0 Å². The van der Waals surface area contributed by atoms with Gasteiger partial charge in [-0.25, -0.2) is 0 Å². The number of anilines is 1. The maximum atomic E-state index is 11.9. The Bertz CT molecular complexity index is 704. The number of aromatic nitrogens is 2. The molecule has 1 atom stereocenters. The van der Waals surface area contributed by atoms with Crippen LogP contribution in [0.25, 0.3) is 0 Å². The van der Waals surface area contributed by atoms with E-state index in [9.17, 15) is 4.79 Å². The van der Waals surface area contributed by atoms with Crippen LogP contribution in [0.2, 0.25) is 10.0 Å². The number of carbonyl (C=O) groups is 1. The first kappa shape index (κ1) is 16.4. The summed E-state index contributed by atoms with van der Waals surface area (Å²) in [5, 5.41) is 12.7. The van der Waals surface area contributed by atoms with E-state index in [4.69, 9.17) is 32.7 Å². The molecule has 0 radical (unpaired) electrons. The second-order valence-electron chi connectivity index (χ2n) is 4.86. The molecule has 1 aliphatic rings. The first-order valence-corrected chi connectivity index (χ1v) is 8.52. The Kier molecular flexibility index (Phi) is 5.32. The minimum Gasteiger partial charge on any atom is -0.482 e. The Morgan fingerprint density at radius 3 is 3.09 bits per heavy atom. The van der Waals surface area contributed by atoms with Crippen LogP contribution in [-0.2, 0) is 9.53 Å². The van der Waals surface area contributed by atoms with Gasteiger partial charge in [0.25, 0.3) is 5.91 Å². The van der Waals surface area contributed by atoms with Crippen molar-refractivity contribution < 1.29 is 14.3 Å². The summed E-state index contributed by atoms with van der Waals surface area (Å²) < 4.78 is 10.9. The molecule has 0 saturated carbocycles. The van der Waals surface area contributed by atoms with Crippen LogP contribution in [0.1, 0.15) is 24.0 Å². The quantitative estimate of drug-likeness (QED) is 0.864. The molecule has 1 aliphatic heterocycles. The molecular formula is C14H13Cl2N3O3S. The molecule has 1 saturated heterocycles. The highest BCUT2D eigenvalue weighted by atomic mass is 35.5. The lowest BCUT2D eigenvalue weighted by atomic mass is 10.2. The van der Waals surface area contributed by atoms with E-state index in [2.05, 4.69) is 15.5 Å².